The molecule has 0 spiro atoms. The maximum absolute atomic E-state index is 4.97. The number of benzene rings is 2. The zero-order valence-electron chi connectivity index (χ0n) is 19.5. The third-order valence-corrected chi connectivity index (χ3v) is 6.01. The third kappa shape index (κ3) is 4.52. The second kappa shape index (κ2) is 9.72. The summed E-state index contributed by atoms with van der Waals surface area (Å²) in [6, 6.07) is 38.8. The monoisotopic (exact) mass is 462 g/mol. The number of hydrogen-bond donors (Lipinski definition) is 0. The molecule has 0 aliphatic rings. The average molecular weight is 463 g/mol. The highest BCUT2D eigenvalue weighted by Gasteiger charge is 2.13. The van der Waals surface area contributed by atoms with Gasteiger partial charge < -0.3 is 0 Å². The number of pyridine rings is 4. The molecule has 0 fully saturated rings. The number of aromatic nitrogens is 4. The summed E-state index contributed by atoms with van der Waals surface area (Å²) in [6.45, 7) is 0. The second-order valence-corrected chi connectivity index (χ2v) is 8.44. The lowest BCUT2D eigenvalue weighted by Gasteiger charge is -2.13. The van der Waals surface area contributed by atoms with Crippen molar-refractivity contribution in [3.63, 3.8) is 0 Å². The number of rotatable bonds is 5. The van der Waals surface area contributed by atoms with E-state index >= 15 is 0 Å². The van der Waals surface area contributed by atoms with Crippen LogP contribution in [0, 0.1) is 0 Å². The lowest BCUT2D eigenvalue weighted by Crippen LogP contribution is -1.94. The molecular weight excluding hydrogens is 440 g/mol. The summed E-state index contributed by atoms with van der Waals surface area (Å²) in [7, 11) is 0. The van der Waals surface area contributed by atoms with E-state index in [2.05, 4.69) is 57.4 Å². The SMILES string of the molecule is c1ccc(-c2cc(-c3cc(-c4ccccn4)cc(-c4ccccn4)c3)cc(-c3ccccn3)n2)cc1. The quantitative estimate of drug-likeness (QED) is 0.265. The van der Waals surface area contributed by atoms with Crippen molar-refractivity contribution in [1.29, 1.82) is 0 Å². The van der Waals surface area contributed by atoms with Crippen LogP contribution in [0.1, 0.15) is 0 Å². The van der Waals surface area contributed by atoms with Crippen molar-refractivity contribution in [3.8, 4) is 56.3 Å². The van der Waals surface area contributed by atoms with Crippen molar-refractivity contribution < 1.29 is 0 Å². The lowest BCUT2D eigenvalue weighted by molar-refractivity contribution is 1.25. The van der Waals surface area contributed by atoms with Gasteiger partial charge in [0, 0.05) is 35.3 Å². The van der Waals surface area contributed by atoms with Crippen LogP contribution in [-0.2, 0) is 0 Å². The third-order valence-electron chi connectivity index (χ3n) is 6.01. The summed E-state index contributed by atoms with van der Waals surface area (Å²) < 4.78 is 0. The molecule has 0 aliphatic carbocycles. The Morgan fingerprint density at radius 1 is 0.306 bits per heavy atom. The fraction of sp³-hybridized carbons (Fsp3) is 0. The molecule has 0 saturated carbocycles. The minimum absolute atomic E-state index is 0.828. The van der Waals surface area contributed by atoms with Crippen molar-refractivity contribution in [1.82, 2.24) is 19.9 Å². The van der Waals surface area contributed by atoms with Crippen LogP contribution in [0.25, 0.3) is 56.3 Å². The maximum Gasteiger partial charge on any atom is 0.0899 e. The Hall–Kier alpha value is -4.96. The minimum atomic E-state index is 0.828. The van der Waals surface area contributed by atoms with Gasteiger partial charge in [-0.3, -0.25) is 15.0 Å². The van der Waals surface area contributed by atoms with Gasteiger partial charge in [0.2, 0.25) is 0 Å². The highest BCUT2D eigenvalue weighted by atomic mass is 14.8. The van der Waals surface area contributed by atoms with E-state index in [1.54, 1.807) is 6.20 Å². The molecule has 0 saturated heterocycles. The van der Waals surface area contributed by atoms with Gasteiger partial charge in [-0.15, -0.1) is 0 Å². The van der Waals surface area contributed by atoms with Crippen LogP contribution in [0.5, 0.6) is 0 Å². The summed E-state index contributed by atoms with van der Waals surface area (Å²) in [5.74, 6) is 0. The molecule has 170 valence electrons. The van der Waals surface area contributed by atoms with Gasteiger partial charge in [0.15, 0.2) is 0 Å². The molecular formula is C32H22N4. The predicted molar refractivity (Wildman–Crippen MR) is 145 cm³/mol. The first-order valence-corrected chi connectivity index (χ1v) is 11.8. The number of hydrogen-bond acceptors (Lipinski definition) is 4. The molecule has 0 unspecified atom stereocenters. The number of nitrogens with zero attached hydrogens (tertiary/aromatic N) is 4. The molecule has 0 N–H and O–H groups in total. The summed E-state index contributed by atoms with van der Waals surface area (Å²) in [6.07, 6.45) is 5.44. The fourth-order valence-electron chi connectivity index (χ4n) is 4.26. The van der Waals surface area contributed by atoms with Crippen molar-refractivity contribution in [2.45, 2.75) is 0 Å². The van der Waals surface area contributed by atoms with Crippen LogP contribution in [0.15, 0.2) is 134 Å². The van der Waals surface area contributed by atoms with E-state index in [9.17, 15) is 0 Å². The normalized spacial score (nSPS) is 10.8. The fourth-order valence-corrected chi connectivity index (χ4v) is 4.26. The Morgan fingerprint density at radius 3 is 1.33 bits per heavy atom. The Morgan fingerprint density at radius 2 is 0.778 bits per heavy atom. The molecule has 4 nitrogen and oxygen atoms in total. The van der Waals surface area contributed by atoms with E-state index in [1.165, 1.54) is 0 Å². The zero-order valence-corrected chi connectivity index (χ0v) is 19.5. The zero-order chi connectivity index (χ0) is 24.2. The van der Waals surface area contributed by atoms with Gasteiger partial charge in [-0.25, -0.2) is 4.98 Å². The molecule has 36 heavy (non-hydrogen) atoms. The van der Waals surface area contributed by atoms with E-state index in [0.717, 1.165) is 56.3 Å². The lowest BCUT2D eigenvalue weighted by atomic mass is 9.95. The van der Waals surface area contributed by atoms with Crippen LogP contribution >= 0.6 is 0 Å². The Kier molecular flexibility index (Phi) is 5.83. The van der Waals surface area contributed by atoms with Crippen molar-refractivity contribution >= 4 is 0 Å². The first-order chi connectivity index (χ1) is 17.8. The van der Waals surface area contributed by atoms with Gasteiger partial charge >= 0.3 is 0 Å². The van der Waals surface area contributed by atoms with E-state index in [4.69, 9.17) is 4.98 Å². The van der Waals surface area contributed by atoms with Crippen LogP contribution < -0.4 is 0 Å². The van der Waals surface area contributed by atoms with Crippen molar-refractivity contribution in [3.05, 3.63) is 134 Å². The molecule has 4 heterocycles. The van der Waals surface area contributed by atoms with Crippen molar-refractivity contribution in [2.75, 3.05) is 0 Å². The molecule has 0 atom stereocenters. The van der Waals surface area contributed by atoms with Crippen LogP contribution in [0.4, 0.5) is 0 Å². The highest BCUT2D eigenvalue weighted by Crippen LogP contribution is 2.34. The van der Waals surface area contributed by atoms with Gasteiger partial charge in [0.05, 0.1) is 28.5 Å². The second-order valence-electron chi connectivity index (χ2n) is 8.44. The molecule has 0 aliphatic heterocycles. The minimum Gasteiger partial charge on any atom is -0.256 e. The summed E-state index contributed by atoms with van der Waals surface area (Å²) in [5, 5.41) is 0. The van der Waals surface area contributed by atoms with E-state index < -0.39 is 0 Å². The van der Waals surface area contributed by atoms with Gasteiger partial charge in [-0.2, -0.15) is 0 Å². The van der Waals surface area contributed by atoms with E-state index in [1.807, 2.05) is 85.2 Å². The Labute approximate surface area is 210 Å². The molecule has 6 aromatic rings. The molecule has 2 aromatic carbocycles. The first-order valence-electron chi connectivity index (χ1n) is 11.8. The molecule has 4 aromatic heterocycles. The van der Waals surface area contributed by atoms with E-state index in [0.29, 0.717) is 0 Å². The van der Waals surface area contributed by atoms with Crippen LogP contribution in [0.3, 0.4) is 0 Å². The topological polar surface area (TPSA) is 51.6 Å². The van der Waals surface area contributed by atoms with E-state index in [-0.39, 0.29) is 0 Å². The molecule has 6 rings (SSSR count). The summed E-state index contributed by atoms with van der Waals surface area (Å²) in [4.78, 5) is 18.8. The van der Waals surface area contributed by atoms with Crippen molar-refractivity contribution in [2.24, 2.45) is 0 Å². The predicted octanol–water partition coefficient (Wildman–Crippen LogP) is 7.60. The van der Waals surface area contributed by atoms with Gasteiger partial charge in [-0.1, -0.05) is 48.5 Å². The Balaban J connectivity index is 1.58. The smallest absolute Gasteiger partial charge is 0.0899 e. The molecule has 0 bridgehead atoms. The van der Waals surface area contributed by atoms with Gasteiger partial charge in [-0.05, 0) is 77.9 Å². The standard InChI is InChI=1S/C32H22N4/c1-2-10-23(11-3-1)31-21-25(22-32(36-31)30-14-6-9-17-35-30)24-18-26(28-12-4-7-15-33-28)20-27(19-24)29-13-5-8-16-34-29/h1-22H. The first kappa shape index (κ1) is 21.6. The van der Waals surface area contributed by atoms with Crippen LogP contribution in [0.2, 0.25) is 0 Å². The molecule has 0 radical (unpaired) electrons. The largest absolute Gasteiger partial charge is 0.256 e. The summed E-state index contributed by atoms with van der Waals surface area (Å²) in [5.41, 5.74) is 9.64. The van der Waals surface area contributed by atoms with Crippen LogP contribution in [-0.4, -0.2) is 19.9 Å². The Bertz CT molecular complexity index is 1360. The highest BCUT2D eigenvalue weighted by molar-refractivity contribution is 5.82. The molecule has 4 heteroatoms. The molecule has 0 amide bonds. The average Bonchev–Trinajstić information content (AvgIpc) is 2.98. The van der Waals surface area contributed by atoms with Gasteiger partial charge in [0.25, 0.3) is 0 Å². The summed E-state index contributed by atoms with van der Waals surface area (Å²) >= 11 is 0. The van der Waals surface area contributed by atoms with Gasteiger partial charge in [0.1, 0.15) is 0 Å². The maximum atomic E-state index is 4.97.